The van der Waals surface area contributed by atoms with Crippen LogP contribution in [-0.2, 0) is 14.3 Å². The smallest absolute Gasteiger partial charge is 0.302 e. The standard InChI is InChI=1S/C8H14O4/c1-6(9)11-4-7-2-3-8(10)12-5-7/h7-8,10H,2-5H2,1H3/t7-,8?/m0/s1. The van der Waals surface area contributed by atoms with Gasteiger partial charge in [0.15, 0.2) is 6.29 Å². The summed E-state index contributed by atoms with van der Waals surface area (Å²) in [5, 5.41) is 8.97. The maximum atomic E-state index is 10.4. The molecule has 1 rings (SSSR count). The third kappa shape index (κ3) is 3.19. The molecule has 0 radical (unpaired) electrons. The molecule has 70 valence electrons. The number of hydrogen-bond donors (Lipinski definition) is 1. The molecule has 1 N–H and O–H groups in total. The first-order valence-corrected chi connectivity index (χ1v) is 4.11. The van der Waals surface area contributed by atoms with Gasteiger partial charge in [0.2, 0.25) is 0 Å². The SMILES string of the molecule is CC(=O)OC[C@@H]1CCC(O)OC1. The van der Waals surface area contributed by atoms with Crippen LogP contribution >= 0.6 is 0 Å². The molecule has 2 atom stereocenters. The lowest BCUT2D eigenvalue weighted by Gasteiger charge is -2.25. The van der Waals surface area contributed by atoms with Crippen LogP contribution in [-0.4, -0.2) is 30.6 Å². The van der Waals surface area contributed by atoms with Crippen molar-refractivity contribution in [2.45, 2.75) is 26.1 Å². The van der Waals surface area contributed by atoms with E-state index >= 15 is 0 Å². The topological polar surface area (TPSA) is 55.8 Å². The highest BCUT2D eigenvalue weighted by Gasteiger charge is 2.20. The van der Waals surface area contributed by atoms with Crippen LogP contribution in [0.15, 0.2) is 0 Å². The maximum absolute atomic E-state index is 10.4. The highest BCUT2D eigenvalue weighted by atomic mass is 16.6. The number of carbonyl (C=O) groups excluding carboxylic acids is 1. The zero-order valence-electron chi connectivity index (χ0n) is 7.16. The summed E-state index contributed by atoms with van der Waals surface area (Å²) in [5.74, 6) is -0.0154. The van der Waals surface area contributed by atoms with Crippen molar-refractivity contribution in [1.29, 1.82) is 0 Å². The van der Waals surface area contributed by atoms with Gasteiger partial charge >= 0.3 is 5.97 Å². The van der Waals surface area contributed by atoms with E-state index in [1.54, 1.807) is 0 Å². The monoisotopic (exact) mass is 174 g/mol. The molecule has 0 amide bonds. The van der Waals surface area contributed by atoms with Crippen molar-refractivity contribution in [1.82, 2.24) is 0 Å². The van der Waals surface area contributed by atoms with Crippen molar-refractivity contribution in [3.8, 4) is 0 Å². The third-order valence-electron chi connectivity index (χ3n) is 1.87. The molecule has 1 aliphatic rings. The lowest BCUT2D eigenvalue weighted by Crippen LogP contribution is -2.28. The van der Waals surface area contributed by atoms with Gasteiger partial charge in [0.25, 0.3) is 0 Å². The average Bonchev–Trinajstić information content (AvgIpc) is 2.03. The molecule has 0 bridgehead atoms. The Balaban J connectivity index is 2.13. The zero-order valence-corrected chi connectivity index (χ0v) is 7.16. The van der Waals surface area contributed by atoms with E-state index in [2.05, 4.69) is 0 Å². The van der Waals surface area contributed by atoms with Crippen molar-refractivity contribution in [3.05, 3.63) is 0 Å². The fourth-order valence-electron chi connectivity index (χ4n) is 1.16. The molecular formula is C8H14O4. The molecule has 1 saturated heterocycles. The van der Waals surface area contributed by atoms with E-state index in [1.165, 1.54) is 6.92 Å². The fraction of sp³-hybridized carbons (Fsp3) is 0.875. The molecule has 0 aromatic rings. The first kappa shape index (κ1) is 9.48. The quantitative estimate of drug-likeness (QED) is 0.611. The third-order valence-corrected chi connectivity index (χ3v) is 1.87. The van der Waals surface area contributed by atoms with Gasteiger partial charge in [-0.15, -0.1) is 0 Å². The number of esters is 1. The van der Waals surface area contributed by atoms with E-state index < -0.39 is 6.29 Å². The predicted molar refractivity (Wildman–Crippen MR) is 41.3 cm³/mol. The van der Waals surface area contributed by atoms with Gasteiger partial charge in [-0.25, -0.2) is 0 Å². The van der Waals surface area contributed by atoms with Gasteiger partial charge < -0.3 is 14.6 Å². The molecular weight excluding hydrogens is 160 g/mol. The van der Waals surface area contributed by atoms with Crippen LogP contribution in [0.2, 0.25) is 0 Å². The molecule has 12 heavy (non-hydrogen) atoms. The van der Waals surface area contributed by atoms with Gasteiger partial charge in [0, 0.05) is 12.8 Å². The second-order valence-electron chi connectivity index (χ2n) is 3.03. The minimum absolute atomic E-state index is 0.247. The lowest BCUT2D eigenvalue weighted by molar-refractivity contribution is -0.157. The number of ether oxygens (including phenoxy) is 2. The Hall–Kier alpha value is -0.610. The van der Waals surface area contributed by atoms with E-state index in [9.17, 15) is 4.79 Å². The van der Waals surface area contributed by atoms with Crippen molar-refractivity contribution in [2.24, 2.45) is 5.92 Å². The Kier molecular flexibility index (Phi) is 3.49. The molecule has 0 aliphatic carbocycles. The van der Waals surface area contributed by atoms with E-state index in [0.29, 0.717) is 19.6 Å². The maximum Gasteiger partial charge on any atom is 0.302 e. The molecule has 1 fully saturated rings. The van der Waals surface area contributed by atoms with Gasteiger partial charge in [-0.3, -0.25) is 4.79 Å². The number of aliphatic hydroxyl groups is 1. The number of hydrogen-bond acceptors (Lipinski definition) is 4. The van der Waals surface area contributed by atoms with E-state index in [4.69, 9.17) is 14.6 Å². The molecule has 1 unspecified atom stereocenters. The summed E-state index contributed by atoms with van der Waals surface area (Å²) < 4.78 is 9.80. The normalized spacial score (nSPS) is 29.8. The highest BCUT2D eigenvalue weighted by Crippen LogP contribution is 2.17. The van der Waals surface area contributed by atoms with Crippen LogP contribution in [0.1, 0.15) is 19.8 Å². The predicted octanol–water partition coefficient (Wildman–Crippen LogP) is 0.295. The molecule has 0 aromatic heterocycles. The van der Waals surface area contributed by atoms with Gasteiger partial charge in [-0.1, -0.05) is 0 Å². The first-order valence-electron chi connectivity index (χ1n) is 4.11. The van der Waals surface area contributed by atoms with Gasteiger partial charge in [0.05, 0.1) is 13.2 Å². The molecule has 0 aromatic carbocycles. The Morgan fingerprint density at radius 3 is 2.92 bits per heavy atom. The van der Waals surface area contributed by atoms with Crippen molar-refractivity contribution in [2.75, 3.05) is 13.2 Å². The Morgan fingerprint density at radius 1 is 1.67 bits per heavy atom. The lowest BCUT2D eigenvalue weighted by atomic mass is 10.0. The number of rotatable bonds is 2. The van der Waals surface area contributed by atoms with E-state index in [0.717, 1.165) is 6.42 Å². The minimum Gasteiger partial charge on any atom is -0.465 e. The summed E-state index contributed by atoms with van der Waals surface area (Å²) in [5.41, 5.74) is 0. The molecule has 0 spiro atoms. The first-order chi connectivity index (χ1) is 5.68. The summed E-state index contributed by atoms with van der Waals surface area (Å²) in [4.78, 5) is 10.4. The Morgan fingerprint density at radius 2 is 2.42 bits per heavy atom. The van der Waals surface area contributed by atoms with Crippen LogP contribution in [0.3, 0.4) is 0 Å². The molecule has 1 heterocycles. The van der Waals surface area contributed by atoms with E-state index in [-0.39, 0.29) is 11.9 Å². The Bertz CT molecular complexity index is 149. The van der Waals surface area contributed by atoms with Crippen LogP contribution in [0, 0.1) is 5.92 Å². The summed E-state index contributed by atoms with van der Waals surface area (Å²) in [6, 6.07) is 0. The van der Waals surface area contributed by atoms with Gasteiger partial charge in [0.1, 0.15) is 0 Å². The average molecular weight is 174 g/mol. The Labute approximate surface area is 71.5 Å². The van der Waals surface area contributed by atoms with Crippen molar-refractivity contribution < 1.29 is 19.4 Å². The highest BCUT2D eigenvalue weighted by molar-refractivity contribution is 5.65. The molecule has 4 nitrogen and oxygen atoms in total. The summed E-state index contributed by atoms with van der Waals surface area (Å²) in [6.07, 6.45) is 0.860. The molecule has 0 saturated carbocycles. The van der Waals surface area contributed by atoms with Crippen molar-refractivity contribution >= 4 is 5.97 Å². The largest absolute Gasteiger partial charge is 0.465 e. The number of aliphatic hydroxyl groups excluding tert-OH is 1. The fourth-order valence-corrected chi connectivity index (χ4v) is 1.16. The van der Waals surface area contributed by atoms with Crippen LogP contribution in [0.4, 0.5) is 0 Å². The van der Waals surface area contributed by atoms with Gasteiger partial charge in [-0.05, 0) is 12.8 Å². The zero-order chi connectivity index (χ0) is 8.97. The summed E-state index contributed by atoms with van der Waals surface area (Å²) in [6.45, 7) is 2.27. The van der Waals surface area contributed by atoms with Crippen LogP contribution < -0.4 is 0 Å². The molecule has 1 aliphatic heterocycles. The van der Waals surface area contributed by atoms with Crippen LogP contribution in [0.25, 0.3) is 0 Å². The molecule has 4 heteroatoms. The van der Waals surface area contributed by atoms with Crippen molar-refractivity contribution in [3.63, 3.8) is 0 Å². The van der Waals surface area contributed by atoms with Crippen LogP contribution in [0.5, 0.6) is 0 Å². The van der Waals surface area contributed by atoms with Gasteiger partial charge in [-0.2, -0.15) is 0 Å². The summed E-state index contributed by atoms with van der Waals surface area (Å²) in [7, 11) is 0. The minimum atomic E-state index is -0.626. The second-order valence-corrected chi connectivity index (χ2v) is 3.03. The number of carbonyl (C=O) groups is 1. The second kappa shape index (κ2) is 4.42. The van der Waals surface area contributed by atoms with E-state index in [1.807, 2.05) is 0 Å². The summed E-state index contributed by atoms with van der Waals surface area (Å²) >= 11 is 0.